The first-order valence-electron chi connectivity index (χ1n) is 4.30. The number of benzene rings is 1. The normalized spacial score (nSPS) is 18.5. The monoisotopic (exact) mass is 270 g/mol. The van der Waals surface area contributed by atoms with Gasteiger partial charge in [0.25, 0.3) is 0 Å². The number of rotatable bonds is 2. The summed E-state index contributed by atoms with van der Waals surface area (Å²) in [5.41, 5.74) is 1.08. The zero-order valence-electron chi connectivity index (χ0n) is 7.57. The number of carbonyl (C=O) groups excluding carboxylic acids is 1. The fourth-order valence-electron chi connectivity index (χ4n) is 1.55. The number of hydrogen-bond donors (Lipinski definition) is 1. The van der Waals surface area contributed by atoms with Gasteiger partial charge in [0.2, 0.25) is 0 Å². The number of carbonyl (C=O) groups is 2. The Balaban J connectivity index is 2.38. The first-order valence-corrected chi connectivity index (χ1v) is 5.09. The van der Waals surface area contributed by atoms with Gasteiger partial charge in [0.1, 0.15) is 6.10 Å². The average Bonchev–Trinajstić information content (AvgIpc) is 2.42. The van der Waals surface area contributed by atoms with Crippen LogP contribution in [0.1, 0.15) is 28.4 Å². The highest BCUT2D eigenvalue weighted by Crippen LogP contribution is 2.34. The predicted molar refractivity (Wildman–Crippen MR) is 54.6 cm³/mol. The molecule has 1 aromatic rings. The predicted octanol–water partition coefficient (Wildman–Crippen LogP) is 2.14. The Morgan fingerprint density at radius 3 is 2.93 bits per heavy atom. The summed E-state index contributed by atoms with van der Waals surface area (Å²) in [5, 5.41) is 8.64. The van der Waals surface area contributed by atoms with Crippen molar-refractivity contribution in [3.05, 3.63) is 33.8 Å². The molecule has 1 unspecified atom stereocenters. The van der Waals surface area contributed by atoms with Gasteiger partial charge in [-0.3, -0.25) is 4.79 Å². The maximum Gasteiger partial charge on any atom is 0.339 e. The lowest BCUT2D eigenvalue weighted by atomic mass is 10.0. The van der Waals surface area contributed by atoms with Crippen molar-refractivity contribution in [1.82, 2.24) is 0 Å². The minimum Gasteiger partial charge on any atom is -0.481 e. The standard InChI is InChI=1S/C10H7BrO4/c11-5-1-2-6-7(3-5)10(14)15-8(6)4-9(12)13/h1-3,8H,4H2,(H,12,13). The summed E-state index contributed by atoms with van der Waals surface area (Å²) >= 11 is 3.24. The number of ether oxygens (including phenoxy) is 1. The Morgan fingerprint density at radius 1 is 1.53 bits per heavy atom. The molecule has 15 heavy (non-hydrogen) atoms. The number of cyclic esters (lactones) is 1. The number of hydrogen-bond acceptors (Lipinski definition) is 3. The number of fused-ring (bicyclic) bond motifs is 1. The van der Waals surface area contributed by atoms with Gasteiger partial charge in [-0.1, -0.05) is 22.0 Å². The van der Waals surface area contributed by atoms with Crippen LogP contribution in [0, 0.1) is 0 Å². The molecule has 0 radical (unpaired) electrons. The van der Waals surface area contributed by atoms with E-state index in [2.05, 4.69) is 15.9 Å². The molecule has 0 bridgehead atoms. The van der Waals surface area contributed by atoms with E-state index in [1.54, 1.807) is 18.2 Å². The van der Waals surface area contributed by atoms with E-state index in [0.29, 0.717) is 11.1 Å². The van der Waals surface area contributed by atoms with E-state index < -0.39 is 18.0 Å². The molecule has 1 aliphatic heterocycles. The van der Waals surface area contributed by atoms with Gasteiger partial charge in [0.05, 0.1) is 12.0 Å². The van der Waals surface area contributed by atoms with Crippen molar-refractivity contribution in [2.24, 2.45) is 0 Å². The van der Waals surface area contributed by atoms with Gasteiger partial charge in [-0.05, 0) is 12.1 Å². The van der Waals surface area contributed by atoms with E-state index in [4.69, 9.17) is 9.84 Å². The molecule has 1 heterocycles. The lowest BCUT2D eigenvalue weighted by Gasteiger charge is -2.06. The van der Waals surface area contributed by atoms with Crippen LogP contribution in [0.5, 0.6) is 0 Å². The van der Waals surface area contributed by atoms with Crippen LogP contribution in [0.3, 0.4) is 0 Å². The molecule has 0 spiro atoms. The van der Waals surface area contributed by atoms with Crippen molar-refractivity contribution in [2.75, 3.05) is 0 Å². The van der Waals surface area contributed by atoms with Crippen LogP contribution in [-0.4, -0.2) is 17.0 Å². The maximum absolute atomic E-state index is 11.4. The summed E-state index contributed by atoms with van der Waals surface area (Å²) in [5.74, 6) is -1.44. The Bertz CT molecular complexity index is 441. The first kappa shape index (κ1) is 10.2. The quantitative estimate of drug-likeness (QED) is 0.837. The summed E-state index contributed by atoms with van der Waals surface area (Å²) in [6.07, 6.45) is -0.849. The second-order valence-corrected chi connectivity index (χ2v) is 4.14. The second kappa shape index (κ2) is 3.66. The summed E-state index contributed by atoms with van der Waals surface area (Å²) in [6, 6.07) is 5.10. The van der Waals surface area contributed by atoms with Crippen molar-refractivity contribution in [3.8, 4) is 0 Å². The van der Waals surface area contributed by atoms with E-state index in [9.17, 15) is 9.59 Å². The summed E-state index contributed by atoms with van der Waals surface area (Å²) in [6.45, 7) is 0. The van der Waals surface area contributed by atoms with Crippen LogP contribution in [0.2, 0.25) is 0 Å². The Labute approximate surface area is 94.0 Å². The molecular formula is C10H7BrO4. The summed E-state index contributed by atoms with van der Waals surface area (Å²) in [7, 11) is 0. The SMILES string of the molecule is O=C(O)CC1OC(=O)c2cc(Br)ccc21. The van der Waals surface area contributed by atoms with Crippen LogP contribution < -0.4 is 0 Å². The van der Waals surface area contributed by atoms with Gasteiger partial charge in [-0.25, -0.2) is 4.79 Å². The molecule has 1 atom stereocenters. The zero-order valence-corrected chi connectivity index (χ0v) is 9.15. The van der Waals surface area contributed by atoms with Crippen molar-refractivity contribution < 1.29 is 19.4 Å². The molecule has 78 valence electrons. The molecule has 0 saturated heterocycles. The zero-order chi connectivity index (χ0) is 11.0. The molecule has 0 fully saturated rings. The fraction of sp³-hybridized carbons (Fsp3) is 0.200. The van der Waals surface area contributed by atoms with Crippen LogP contribution in [0.4, 0.5) is 0 Å². The molecule has 1 aliphatic rings. The molecule has 4 nitrogen and oxygen atoms in total. The van der Waals surface area contributed by atoms with Crippen LogP contribution in [-0.2, 0) is 9.53 Å². The molecule has 0 aromatic heterocycles. The van der Waals surface area contributed by atoms with Gasteiger partial charge in [-0.15, -0.1) is 0 Å². The van der Waals surface area contributed by atoms with Crippen molar-refractivity contribution in [1.29, 1.82) is 0 Å². The van der Waals surface area contributed by atoms with Crippen LogP contribution in [0.25, 0.3) is 0 Å². The Morgan fingerprint density at radius 2 is 2.27 bits per heavy atom. The van der Waals surface area contributed by atoms with E-state index in [0.717, 1.165) is 4.47 Å². The number of carboxylic acid groups (broad SMARTS) is 1. The minimum absolute atomic E-state index is 0.194. The molecule has 5 heteroatoms. The topological polar surface area (TPSA) is 63.6 Å². The molecule has 0 aliphatic carbocycles. The second-order valence-electron chi connectivity index (χ2n) is 3.22. The van der Waals surface area contributed by atoms with E-state index in [1.807, 2.05) is 0 Å². The third-order valence-corrected chi connectivity index (χ3v) is 2.68. The number of esters is 1. The number of carboxylic acids is 1. The molecule has 0 saturated carbocycles. The number of halogens is 1. The number of aliphatic carboxylic acids is 1. The van der Waals surface area contributed by atoms with E-state index in [1.165, 1.54) is 0 Å². The van der Waals surface area contributed by atoms with Gasteiger partial charge in [-0.2, -0.15) is 0 Å². The molecule has 1 aromatic carbocycles. The largest absolute Gasteiger partial charge is 0.481 e. The van der Waals surface area contributed by atoms with E-state index >= 15 is 0 Å². The average molecular weight is 271 g/mol. The Hall–Kier alpha value is -1.36. The van der Waals surface area contributed by atoms with Crippen molar-refractivity contribution in [2.45, 2.75) is 12.5 Å². The first-order chi connectivity index (χ1) is 7.08. The lowest BCUT2D eigenvalue weighted by molar-refractivity contribution is -0.139. The lowest BCUT2D eigenvalue weighted by Crippen LogP contribution is -2.05. The molecule has 1 N–H and O–H groups in total. The smallest absolute Gasteiger partial charge is 0.339 e. The van der Waals surface area contributed by atoms with Crippen molar-refractivity contribution in [3.63, 3.8) is 0 Å². The maximum atomic E-state index is 11.4. The van der Waals surface area contributed by atoms with Crippen LogP contribution in [0.15, 0.2) is 22.7 Å². The highest BCUT2D eigenvalue weighted by atomic mass is 79.9. The van der Waals surface area contributed by atoms with Gasteiger partial charge in [0, 0.05) is 10.0 Å². The van der Waals surface area contributed by atoms with Crippen LogP contribution >= 0.6 is 15.9 Å². The third kappa shape index (κ3) is 1.87. The molecule has 0 amide bonds. The molecule has 2 rings (SSSR count). The van der Waals surface area contributed by atoms with Gasteiger partial charge < -0.3 is 9.84 Å². The van der Waals surface area contributed by atoms with Gasteiger partial charge in [0.15, 0.2) is 0 Å². The minimum atomic E-state index is -0.983. The highest BCUT2D eigenvalue weighted by Gasteiger charge is 2.32. The highest BCUT2D eigenvalue weighted by molar-refractivity contribution is 9.10. The summed E-state index contributed by atoms with van der Waals surface area (Å²) in [4.78, 5) is 21.9. The summed E-state index contributed by atoms with van der Waals surface area (Å²) < 4.78 is 5.73. The van der Waals surface area contributed by atoms with E-state index in [-0.39, 0.29) is 6.42 Å². The molecular weight excluding hydrogens is 264 g/mol. The Kier molecular flexibility index (Phi) is 2.48. The fourth-order valence-corrected chi connectivity index (χ4v) is 1.91. The third-order valence-electron chi connectivity index (χ3n) is 2.19. The van der Waals surface area contributed by atoms with Crippen molar-refractivity contribution >= 4 is 27.9 Å². The van der Waals surface area contributed by atoms with Gasteiger partial charge >= 0.3 is 11.9 Å².